The van der Waals surface area contributed by atoms with Crippen molar-refractivity contribution < 1.29 is 20.1 Å². The van der Waals surface area contributed by atoms with Gasteiger partial charge in [-0.05, 0) is 57.8 Å². The first kappa shape index (κ1) is 24.9. The Bertz CT molecular complexity index is 374. The summed E-state index contributed by atoms with van der Waals surface area (Å²) in [6, 6.07) is 0. The number of allylic oxidation sites excluding steroid dienone is 4. The monoisotopic (exact) mass is 368 g/mol. The molecule has 0 aliphatic heterocycles. The van der Waals surface area contributed by atoms with Gasteiger partial charge in [0.25, 0.3) is 0 Å². The largest absolute Gasteiger partial charge is 0.481 e. The van der Waals surface area contributed by atoms with E-state index in [9.17, 15) is 9.90 Å². The molecule has 0 fully saturated rings. The predicted molar refractivity (Wildman–Crippen MR) is 108 cm³/mol. The van der Waals surface area contributed by atoms with Crippen molar-refractivity contribution in [3.63, 3.8) is 0 Å². The summed E-state index contributed by atoms with van der Waals surface area (Å²) >= 11 is 0. The smallest absolute Gasteiger partial charge is 0.306 e. The first-order chi connectivity index (χ1) is 12.6. The Balaban J connectivity index is 3.54. The van der Waals surface area contributed by atoms with Gasteiger partial charge in [-0.15, -0.1) is 0 Å². The average molecular weight is 369 g/mol. The van der Waals surface area contributed by atoms with Crippen molar-refractivity contribution in [1.82, 2.24) is 0 Å². The quantitative estimate of drug-likeness (QED) is 0.167. The lowest BCUT2D eigenvalue weighted by atomic mass is 9.95. The third-order valence-electron chi connectivity index (χ3n) is 4.62. The zero-order valence-electron chi connectivity index (χ0n) is 16.6. The molecule has 26 heavy (non-hydrogen) atoms. The van der Waals surface area contributed by atoms with E-state index in [1.807, 2.05) is 0 Å². The van der Waals surface area contributed by atoms with E-state index in [-0.39, 0.29) is 12.3 Å². The van der Waals surface area contributed by atoms with Crippen LogP contribution < -0.4 is 0 Å². The molecule has 0 aromatic rings. The van der Waals surface area contributed by atoms with Gasteiger partial charge < -0.3 is 15.3 Å². The summed E-state index contributed by atoms with van der Waals surface area (Å²) in [5, 5.41) is 26.8. The molecule has 1 unspecified atom stereocenters. The molecule has 0 saturated carbocycles. The predicted octanol–water partition coefficient (Wildman–Crippen LogP) is 5.59. The molecular weight excluding hydrogens is 328 g/mol. The van der Waals surface area contributed by atoms with E-state index in [1.165, 1.54) is 25.7 Å². The highest BCUT2D eigenvalue weighted by molar-refractivity contribution is 5.69. The van der Waals surface area contributed by atoms with E-state index in [4.69, 9.17) is 10.2 Å². The number of carboxylic acid groups (broad SMARTS) is 1. The van der Waals surface area contributed by atoms with Crippen LogP contribution in [0.2, 0.25) is 0 Å². The molecule has 4 heteroatoms. The van der Waals surface area contributed by atoms with Crippen molar-refractivity contribution in [2.24, 2.45) is 5.92 Å². The van der Waals surface area contributed by atoms with Crippen molar-refractivity contribution in [1.29, 1.82) is 0 Å². The number of aliphatic hydroxyl groups excluding tert-OH is 1. The van der Waals surface area contributed by atoms with Crippen LogP contribution in [0.4, 0.5) is 0 Å². The molecule has 0 aliphatic carbocycles. The summed E-state index contributed by atoms with van der Waals surface area (Å²) in [6.07, 6.45) is 21.2. The van der Waals surface area contributed by atoms with Crippen LogP contribution in [0.15, 0.2) is 24.3 Å². The molecule has 3 N–H and O–H groups in total. The van der Waals surface area contributed by atoms with Gasteiger partial charge in [-0.3, -0.25) is 4.79 Å². The summed E-state index contributed by atoms with van der Waals surface area (Å²) in [4.78, 5) is 11.2. The normalized spacial score (nSPS) is 13.2. The van der Waals surface area contributed by atoms with Gasteiger partial charge in [-0.1, -0.05) is 63.3 Å². The van der Waals surface area contributed by atoms with Gasteiger partial charge in [-0.25, -0.2) is 0 Å². The van der Waals surface area contributed by atoms with E-state index in [1.54, 1.807) is 0 Å². The summed E-state index contributed by atoms with van der Waals surface area (Å²) in [7, 11) is 0. The van der Waals surface area contributed by atoms with E-state index in [0.717, 1.165) is 38.5 Å². The lowest BCUT2D eigenvalue weighted by Crippen LogP contribution is -2.15. The number of carbonyl (C=O) groups is 1. The molecule has 0 bridgehead atoms. The molecule has 0 rings (SSSR count). The molecule has 0 saturated heterocycles. The van der Waals surface area contributed by atoms with Gasteiger partial charge in [0.2, 0.25) is 0 Å². The summed E-state index contributed by atoms with van der Waals surface area (Å²) < 4.78 is 0. The second kappa shape index (κ2) is 18.7. The number of rotatable bonds is 18. The Kier molecular flexibility index (Phi) is 17.8. The molecule has 4 nitrogen and oxygen atoms in total. The molecule has 0 aromatic carbocycles. The van der Waals surface area contributed by atoms with E-state index >= 15 is 0 Å². The number of aliphatic carboxylic acids is 1. The SMILES string of the molecule is CCCCCC=CCC=CCCCCCCC(CCCC(O)O)C(=O)O. The van der Waals surface area contributed by atoms with Crippen LogP contribution in [0, 0.1) is 5.92 Å². The number of aliphatic hydroxyl groups is 2. The Morgan fingerprint density at radius 3 is 1.92 bits per heavy atom. The van der Waals surface area contributed by atoms with Crippen LogP contribution in [-0.4, -0.2) is 27.6 Å². The molecule has 0 aliphatic rings. The van der Waals surface area contributed by atoms with Crippen LogP contribution in [0.5, 0.6) is 0 Å². The summed E-state index contributed by atoms with van der Waals surface area (Å²) in [6.45, 7) is 2.22. The maximum Gasteiger partial charge on any atom is 0.306 e. The molecule has 152 valence electrons. The van der Waals surface area contributed by atoms with Gasteiger partial charge in [0.1, 0.15) is 0 Å². The minimum Gasteiger partial charge on any atom is -0.481 e. The maximum atomic E-state index is 11.2. The number of unbranched alkanes of at least 4 members (excludes halogenated alkanes) is 7. The van der Waals surface area contributed by atoms with Crippen molar-refractivity contribution in [3.05, 3.63) is 24.3 Å². The third-order valence-corrected chi connectivity index (χ3v) is 4.62. The Hall–Kier alpha value is -1.13. The highest BCUT2D eigenvalue weighted by Gasteiger charge is 2.16. The fourth-order valence-electron chi connectivity index (χ4n) is 2.96. The van der Waals surface area contributed by atoms with Crippen LogP contribution in [0.1, 0.15) is 96.8 Å². The van der Waals surface area contributed by atoms with Crippen LogP contribution >= 0.6 is 0 Å². The third kappa shape index (κ3) is 17.7. The average Bonchev–Trinajstić information content (AvgIpc) is 2.60. The van der Waals surface area contributed by atoms with Crippen molar-refractivity contribution >= 4 is 5.97 Å². The molecule has 0 radical (unpaired) electrons. The minimum atomic E-state index is -1.32. The van der Waals surface area contributed by atoms with Crippen LogP contribution in [0.25, 0.3) is 0 Å². The van der Waals surface area contributed by atoms with Gasteiger partial charge in [0, 0.05) is 0 Å². The molecule has 0 amide bonds. The second-order valence-electron chi connectivity index (χ2n) is 7.11. The van der Waals surface area contributed by atoms with Crippen molar-refractivity contribution in [2.75, 3.05) is 0 Å². The van der Waals surface area contributed by atoms with E-state index in [0.29, 0.717) is 19.3 Å². The summed E-state index contributed by atoms with van der Waals surface area (Å²) in [5.74, 6) is -1.11. The summed E-state index contributed by atoms with van der Waals surface area (Å²) in [5.41, 5.74) is 0. The maximum absolute atomic E-state index is 11.2. The molecule has 0 spiro atoms. The van der Waals surface area contributed by atoms with Crippen molar-refractivity contribution in [2.45, 2.75) is 103 Å². The number of carboxylic acids is 1. The number of hydrogen-bond acceptors (Lipinski definition) is 3. The number of hydrogen-bond donors (Lipinski definition) is 3. The van der Waals surface area contributed by atoms with E-state index < -0.39 is 12.3 Å². The molecular formula is C22H40O4. The Labute approximate surface area is 160 Å². The fourth-order valence-corrected chi connectivity index (χ4v) is 2.96. The molecule has 1 atom stereocenters. The lowest BCUT2D eigenvalue weighted by molar-refractivity contribution is -0.142. The Morgan fingerprint density at radius 1 is 0.769 bits per heavy atom. The lowest BCUT2D eigenvalue weighted by Gasteiger charge is -2.12. The molecule has 0 aromatic heterocycles. The first-order valence-electron chi connectivity index (χ1n) is 10.5. The Morgan fingerprint density at radius 2 is 1.35 bits per heavy atom. The van der Waals surface area contributed by atoms with Crippen LogP contribution in [0.3, 0.4) is 0 Å². The van der Waals surface area contributed by atoms with Gasteiger partial charge in [0.05, 0.1) is 5.92 Å². The zero-order valence-corrected chi connectivity index (χ0v) is 16.6. The highest BCUT2D eigenvalue weighted by atomic mass is 16.5. The second-order valence-corrected chi connectivity index (χ2v) is 7.11. The standard InChI is InChI=1S/C22H40O4/c1-2-3-4-5-6-7-8-9-10-11-12-13-14-15-17-20(22(25)26)18-16-19-21(23)24/h6-7,9-10,20-21,23-24H,2-5,8,11-19H2,1H3,(H,25,26). The molecule has 0 heterocycles. The zero-order chi connectivity index (χ0) is 19.5. The first-order valence-corrected chi connectivity index (χ1v) is 10.5. The topological polar surface area (TPSA) is 77.8 Å². The van der Waals surface area contributed by atoms with Crippen LogP contribution in [-0.2, 0) is 4.79 Å². The van der Waals surface area contributed by atoms with Gasteiger partial charge in [0.15, 0.2) is 6.29 Å². The van der Waals surface area contributed by atoms with Gasteiger partial charge in [-0.2, -0.15) is 0 Å². The minimum absolute atomic E-state index is 0.254. The fraction of sp³-hybridized carbons (Fsp3) is 0.773. The van der Waals surface area contributed by atoms with Crippen molar-refractivity contribution in [3.8, 4) is 0 Å². The highest BCUT2D eigenvalue weighted by Crippen LogP contribution is 2.18. The van der Waals surface area contributed by atoms with E-state index in [2.05, 4.69) is 31.2 Å². The van der Waals surface area contributed by atoms with Gasteiger partial charge >= 0.3 is 5.97 Å².